The average molecular weight is 265 g/mol. The summed E-state index contributed by atoms with van der Waals surface area (Å²) in [4.78, 5) is 10.5. The maximum atomic E-state index is 10.5. The zero-order valence-corrected chi connectivity index (χ0v) is 12.0. The maximum Gasteiger partial charge on any atom is 0.120 e. The molecule has 0 N–H and O–H groups in total. The van der Waals surface area contributed by atoms with Crippen molar-refractivity contribution < 1.29 is 4.79 Å². The summed E-state index contributed by atoms with van der Waals surface area (Å²) in [5.74, 6) is 0. The van der Waals surface area contributed by atoms with E-state index in [1.165, 1.54) is 27.4 Å². The quantitative estimate of drug-likeness (QED) is 0.636. The van der Waals surface area contributed by atoms with Crippen LogP contribution in [0.15, 0.2) is 42.5 Å². The lowest BCUT2D eigenvalue weighted by Gasteiger charge is -2.11. The van der Waals surface area contributed by atoms with E-state index in [-0.39, 0.29) is 0 Å². The fraction of sp³-hybridized carbons (Fsp3) is 0.278. The Morgan fingerprint density at radius 3 is 2.55 bits per heavy atom. The summed E-state index contributed by atoms with van der Waals surface area (Å²) in [6.45, 7) is 4.43. The number of aryl methyl sites for hydroxylation is 1. The van der Waals surface area contributed by atoms with Crippen molar-refractivity contribution in [2.75, 3.05) is 0 Å². The molecule has 0 aliphatic carbocycles. The molecule has 0 radical (unpaired) electrons. The summed E-state index contributed by atoms with van der Waals surface area (Å²) in [7, 11) is 0. The minimum atomic E-state index is 0.429. The first-order chi connectivity index (χ1) is 9.72. The molecule has 0 aliphatic rings. The summed E-state index contributed by atoms with van der Waals surface area (Å²) in [5, 5.41) is 2.59. The number of aldehydes is 1. The predicted octanol–water partition coefficient (Wildman–Crippen LogP) is 4.51. The average Bonchev–Trinajstić information content (AvgIpc) is 2.79. The van der Waals surface area contributed by atoms with E-state index in [1.807, 2.05) is 0 Å². The Kier molecular flexibility index (Phi) is 3.31. The molecule has 3 aromatic rings. The highest BCUT2D eigenvalue weighted by Gasteiger charge is 2.12. The van der Waals surface area contributed by atoms with E-state index in [2.05, 4.69) is 60.9 Å². The van der Waals surface area contributed by atoms with Gasteiger partial charge in [0, 0.05) is 34.3 Å². The third-order valence-corrected chi connectivity index (χ3v) is 3.84. The lowest BCUT2D eigenvalue weighted by atomic mass is 10.1. The van der Waals surface area contributed by atoms with Gasteiger partial charge in [-0.1, -0.05) is 24.3 Å². The fourth-order valence-electron chi connectivity index (χ4n) is 2.99. The van der Waals surface area contributed by atoms with E-state index in [9.17, 15) is 4.79 Å². The summed E-state index contributed by atoms with van der Waals surface area (Å²) in [6.07, 6.45) is 2.40. The van der Waals surface area contributed by atoms with Crippen molar-refractivity contribution >= 4 is 28.1 Å². The van der Waals surface area contributed by atoms with E-state index >= 15 is 0 Å². The Labute approximate surface area is 119 Å². The van der Waals surface area contributed by atoms with Gasteiger partial charge in [0.25, 0.3) is 0 Å². The highest BCUT2D eigenvalue weighted by molar-refractivity contribution is 6.08. The standard InChI is InChI=1S/C18H19NO/c1-13(2)19-17-8-4-3-7-15(17)16-12-14(6-5-11-20)9-10-18(16)19/h3-4,7-13H,5-6H2,1-2H3. The van der Waals surface area contributed by atoms with Crippen molar-refractivity contribution in [1.82, 2.24) is 4.57 Å². The molecule has 2 heteroatoms. The minimum absolute atomic E-state index is 0.429. The number of aromatic nitrogens is 1. The number of para-hydroxylation sites is 1. The lowest BCUT2D eigenvalue weighted by molar-refractivity contribution is -0.107. The number of fused-ring (bicyclic) bond motifs is 3. The van der Waals surface area contributed by atoms with Crippen molar-refractivity contribution in [2.45, 2.75) is 32.7 Å². The molecule has 0 bridgehead atoms. The first-order valence-corrected chi connectivity index (χ1v) is 7.17. The Morgan fingerprint density at radius 2 is 1.80 bits per heavy atom. The molecule has 1 aromatic heterocycles. The number of carbonyl (C=O) groups is 1. The van der Waals surface area contributed by atoms with Crippen LogP contribution in [0.3, 0.4) is 0 Å². The fourth-order valence-corrected chi connectivity index (χ4v) is 2.99. The molecule has 0 saturated heterocycles. The van der Waals surface area contributed by atoms with Crippen molar-refractivity contribution in [2.24, 2.45) is 0 Å². The summed E-state index contributed by atoms with van der Waals surface area (Å²) < 4.78 is 2.38. The first-order valence-electron chi connectivity index (χ1n) is 7.17. The maximum absolute atomic E-state index is 10.5. The second-order valence-corrected chi connectivity index (χ2v) is 5.54. The minimum Gasteiger partial charge on any atom is -0.338 e. The van der Waals surface area contributed by atoms with Gasteiger partial charge in [-0.3, -0.25) is 0 Å². The van der Waals surface area contributed by atoms with E-state index in [4.69, 9.17) is 0 Å². The van der Waals surface area contributed by atoms with Crippen LogP contribution >= 0.6 is 0 Å². The van der Waals surface area contributed by atoms with Gasteiger partial charge in [-0.25, -0.2) is 0 Å². The molecule has 0 atom stereocenters. The highest BCUT2D eigenvalue weighted by Crippen LogP contribution is 2.32. The molecule has 20 heavy (non-hydrogen) atoms. The van der Waals surface area contributed by atoms with Gasteiger partial charge in [-0.2, -0.15) is 0 Å². The Balaban J connectivity index is 2.29. The molecule has 2 nitrogen and oxygen atoms in total. The molecule has 0 saturated carbocycles. The van der Waals surface area contributed by atoms with Crippen molar-refractivity contribution in [1.29, 1.82) is 0 Å². The van der Waals surface area contributed by atoms with Gasteiger partial charge in [0.2, 0.25) is 0 Å². The zero-order chi connectivity index (χ0) is 14.1. The van der Waals surface area contributed by atoms with Gasteiger partial charge < -0.3 is 9.36 Å². The van der Waals surface area contributed by atoms with Crippen LogP contribution in [-0.2, 0) is 11.2 Å². The van der Waals surface area contributed by atoms with E-state index in [0.717, 1.165) is 12.7 Å². The van der Waals surface area contributed by atoms with Crippen LogP contribution in [0.5, 0.6) is 0 Å². The van der Waals surface area contributed by atoms with Crippen molar-refractivity contribution in [3.05, 3.63) is 48.0 Å². The topological polar surface area (TPSA) is 22.0 Å². The second kappa shape index (κ2) is 5.12. The predicted molar refractivity (Wildman–Crippen MR) is 84.2 cm³/mol. The van der Waals surface area contributed by atoms with Crippen LogP contribution in [0.25, 0.3) is 21.8 Å². The number of rotatable bonds is 4. The smallest absolute Gasteiger partial charge is 0.120 e. The normalized spacial score (nSPS) is 11.6. The zero-order valence-electron chi connectivity index (χ0n) is 12.0. The Morgan fingerprint density at radius 1 is 1.05 bits per heavy atom. The van der Waals surface area contributed by atoms with Crippen LogP contribution < -0.4 is 0 Å². The number of nitrogens with zero attached hydrogens (tertiary/aromatic N) is 1. The first kappa shape index (κ1) is 12.9. The number of carbonyl (C=O) groups excluding carboxylic acids is 1. The number of hydrogen-bond donors (Lipinski definition) is 0. The second-order valence-electron chi connectivity index (χ2n) is 5.54. The van der Waals surface area contributed by atoms with Gasteiger partial charge >= 0.3 is 0 Å². The molecule has 3 rings (SSSR count). The highest BCUT2D eigenvalue weighted by atomic mass is 16.1. The van der Waals surface area contributed by atoms with Crippen LogP contribution in [-0.4, -0.2) is 10.9 Å². The Bertz CT molecular complexity index is 768. The molecule has 1 heterocycles. The van der Waals surface area contributed by atoms with Crippen LogP contribution in [0.2, 0.25) is 0 Å². The molecule has 0 fully saturated rings. The summed E-state index contributed by atoms with van der Waals surface area (Å²) in [5.41, 5.74) is 3.79. The van der Waals surface area contributed by atoms with Crippen LogP contribution in [0.4, 0.5) is 0 Å². The van der Waals surface area contributed by atoms with E-state index in [0.29, 0.717) is 12.5 Å². The Hall–Kier alpha value is -2.09. The van der Waals surface area contributed by atoms with Gasteiger partial charge in [-0.05, 0) is 44.0 Å². The van der Waals surface area contributed by atoms with E-state index < -0.39 is 0 Å². The number of hydrogen-bond acceptors (Lipinski definition) is 1. The number of benzene rings is 2. The molecule has 0 unspecified atom stereocenters. The van der Waals surface area contributed by atoms with Crippen LogP contribution in [0.1, 0.15) is 31.9 Å². The van der Waals surface area contributed by atoms with Gasteiger partial charge in [-0.15, -0.1) is 0 Å². The molecule has 0 amide bonds. The third kappa shape index (κ3) is 2.01. The van der Waals surface area contributed by atoms with Crippen molar-refractivity contribution in [3.63, 3.8) is 0 Å². The van der Waals surface area contributed by atoms with Gasteiger partial charge in [0.15, 0.2) is 0 Å². The van der Waals surface area contributed by atoms with Crippen molar-refractivity contribution in [3.8, 4) is 0 Å². The summed E-state index contributed by atoms with van der Waals surface area (Å²) >= 11 is 0. The van der Waals surface area contributed by atoms with E-state index in [1.54, 1.807) is 0 Å². The molecule has 0 spiro atoms. The van der Waals surface area contributed by atoms with Crippen LogP contribution in [0, 0.1) is 0 Å². The van der Waals surface area contributed by atoms with Gasteiger partial charge in [0.1, 0.15) is 6.29 Å². The molecular weight excluding hydrogens is 246 g/mol. The molecule has 2 aromatic carbocycles. The molecule has 102 valence electrons. The SMILES string of the molecule is CC(C)n1c2ccccc2c2cc(CCC=O)ccc21. The largest absolute Gasteiger partial charge is 0.338 e. The summed E-state index contributed by atoms with van der Waals surface area (Å²) in [6, 6.07) is 15.5. The molecule has 0 aliphatic heterocycles. The third-order valence-electron chi connectivity index (χ3n) is 3.84. The lowest BCUT2D eigenvalue weighted by Crippen LogP contribution is -1.99. The van der Waals surface area contributed by atoms with Gasteiger partial charge in [0.05, 0.1) is 0 Å². The monoisotopic (exact) mass is 265 g/mol. The molecular formula is C18H19NO.